The molecule has 0 spiro atoms. The van der Waals surface area contributed by atoms with Gasteiger partial charge in [0.05, 0.1) is 16.6 Å². The van der Waals surface area contributed by atoms with Gasteiger partial charge in [0, 0.05) is 18.0 Å². The van der Waals surface area contributed by atoms with Gasteiger partial charge in [0.15, 0.2) is 5.82 Å². The zero-order chi connectivity index (χ0) is 15.4. The molecule has 4 aromatic rings. The SMILES string of the molecule is Cc1cccc2c(-c3ccc(F)c4nn(C)c(F)c34)[nH]nc12. The van der Waals surface area contributed by atoms with E-state index < -0.39 is 11.8 Å². The van der Waals surface area contributed by atoms with Crippen molar-refractivity contribution in [3.8, 4) is 11.3 Å². The Balaban J connectivity index is 2.13. The average molecular weight is 298 g/mol. The number of hydrogen-bond donors (Lipinski definition) is 1. The van der Waals surface area contributed by atoms with Gasteiger partial charge in [-0.3, -0.25) is 5.10 Å². The van der Waals surface area contributed by atoms with Gasteiger partial charge in [0.2, 0.25) is 5.95 Å². The van der Waals surface area contributed by atoms with Gasteiger partial charge in [0.1, 0.15) is 5.52 Å². The van der Waals surface area contributed by atoms with E-state index in [-0.39, 0.29) is 10.9 Å². The maximum Gasteiger partial charge on any atom is 0.219 e. The maximum atomic E-state index is 14.4. The first kappa shape index (κ1) is 12.9. The zero-order valence-electron chi connectivity index (χ0n) is 12.0. The number of halogens is 2. The van der Waals surface area contributed by atoms with Crippen molar-refractivity contribution < 1.29 is 8.78 Å². The summed E-state index contributed by atoms with van der Waals surface area (Å²) in [7, 11) is 1.45. The van der Waals surface area contributed by atoms with Crippen molar-refractivity contribution in [2.45, 2.75) is 6.92 Å². The summed E-state index contributed by atoms with van der Waals surface area (Å²) in [6.07, 6.45) is 0. The molecule has 22 heavy (non-hydrogen) atoms. The van der Waals surface area contributed by atoms with Crippen LogP contribution in [0, 0.1) is 18.7 Å². The van der Waals surface area contributed by atoms with Crippen molar-refractivity contribution in [2.24, 2.45) is 7.05 Å². The van der Waals surface area contributed by atoms with Gasteiger partial charge in [0.25, 0.3) is 0 Å². The quantitative estimate of drug-likeness (QED) is 0.582. The van der Waals surface area contributed by atoms with Crippen LogP contribution in [-0.4, -0.2) is 20.0 Å². The highest BCUT2D eigenvalue weighted by Crippen LogP contribution is 2.34. The highest BCUT2D eigenvalue weighted by Gasteiger charge is 2.20. The van der Waals surface area contributed by atoms with Gasteiger partial charge in [-0.1, -0.05) is 18.2 Å². The lowest BCUT2D eigenvalue weighted by molar-refractivity contribution is 0.511. The number of nitrogens with zero attached hydrogens (tertiary/aromatic N) is 3. The van der Waals surface area contributed by atoms with E-state index in [1.165, 1.54) is 13.1 Å². The molecule has 0 aliphatic carbocycles. The number of H-pyrrole nitrogens is 1. The van der Waals surface area contributed by atoms with Gasteiger partial charge < -0.3 is 0 Å². The Kier molecular flexibility index (Phi) is 2.57. The van der Waals surface area contributed by atoms with Crippen molar-refractivity contribution in [1.29, 1.82) is 0 Å². The molecule has 2 aromatic heterocycles. The number of fused-ring (bicyclic) bond motifs is 2. The highest BCUT2D eigenvalue weighted by atomic mass is 19.1. The predicted molar refractivity (Wildman–Crippen MR) is 80.5 cm³/mol. The second-order valence-electron chi connectivity index (χ2n) is 5.30. The van der Waals surface area contributed by atoms with Crippen LogP contribution in [0.25, 0.3) is 33.1 Å². The summed E-state index contributed by atoms with van der Waals surface area (Å²) in [5.74, 6) is -1.11. The van der Waals surface area contributed by atoms with Crippen LogP contribution in [0.2, 0.25) is 0 Å². The predicted octanol–water partition coefficient (Wildman–Crippen LogP) is 3.70. The zero-order valence-corrected chi connectivity index (χ0v) is 12.0. The number of benzene rings is 2. The molecular weight excluding hydrogens is 286 g/mol. The molecule has 0 amide bonds. The Hall–Kier alpha value is -2.76. The molecular formula is C16H12F2N4. The minimum Gasteiger partial charge on any atom is -0.277 e. The highest BCUT2D eigenvalue weighted by molar-refractivity contribution is 6.03. The van der Waals surface area contributed by atoms with Crippen LogP contribution < -0.4 is 0 Å². The van der Waals surface area contributed by atoms with E-state index in [0.29, 0.717) is 11.3 Å². The van der Waals surface area contributed by atoms with E-state index >= 15 is 0 Å². The third-order valence-electron chi connectivity index (χ3n) is 3.93. The number of nitrogens with one attached hydrogen (secondary N) is 1. The summed E-state index contributed by atoms with van der Waals surface area (Å²) < 4.78 is 29.3. The van der Waals surface area contributed by atoms with Crippen LogP contribution in [-0.2, 0) is 7.05 Å². The average Bonchev–Trinajstić information content (AvgIpc) is 3.05. The van der Waals surface area contributed by atoms with Crippen molar-refractivity contribution in [1.82, 2.24) is 20.0 Å². The van der Waals surface area contributed by atoms with Crippen molar-refractivity contribution in [3.05, 3.63) is 47.7 Å². The maximum absolute atomic E-state index is 14.4. The van der Waals surface area contributed by atoms with E-state index in [1.54, 1.807) is 6.07 Å². The molecule has 0 radical (unpaired) electrons. The fraction of sp³-hybridized carbons (Fsp3) is 0.125. The molecule has 2 heterocycles. The monoisotopic (exact) mass is 298 g/mol. The lowest BCUT2D eigenvalue weighted by Gasteiger charge is -2.02. The van der Waals surface area contributed by atoms with Crippen molar-refractivity contribution in [3.63, 3.8) is 0 Å². The van der Waals surface area contributed by atoms with E-state index in [1.807, 2.05) is 25.1 Å². The molecule has 0 bridgehead atoms. The summed E-state index contributed by atoms with van der Waals surface area (Å²) in [4.78, 5) is 0. The molecule has 0 saturated heterocycles. The molecule has 0 aliphatic heterocycles. The minimum absolute atomic E-state index is 0.0212. The molecule has 6 heteroatoms. The molecule has 0 unspecified atom stereocenters. The van der Waals surface area contributed by atoms with Crippen LogP contribution >= 0.6 is 0 Å². The molecule has 4 rings (SSSR count). The first-order valence-corrected chi connectivity index (χ1v) is 6.82. The number of hydrogen-bond acceptors (Lipinski definition) is 2. The van der Waals surface area contributed by atoms with Crippen LogP contribution in [0.15, 0.2) is 30.3 Å². The van der Waals surface area contributed by atoms with Crippen molar-refractivity contribution >= 4 is 21.8 Å². The lowest BCUT2D eigenvalue weighted by Crippen LogP contribution is -1.93. The first-order valence-electron chi connectivity index (χ1n) is 6.82. The number of aromatic nitrogens is 4. The third kappa shape index (κ3) is 1.60. The summed E-state index contributed by atoms with van der Waals surface area (Å²) in [5, 5.41) is 12.2. The Morgan fingerprint density at radius 3 is 2.73 bits per heavy atom. The van der Waals surface area contributed by atoms with E-state index in [4.69, 9.17) is 0 Å². The molecule has 2 aromatic carbocycles. The standard InChI is InChI=1S/C16H12F2N4/c1-8-4-3-5-10-13(8)19-20-14(10)9-6-7-11(17)15-12(9)16(18)22(2)21-15/h3-7H,1-2H3,(H,19,20). The molecule has 0 saturated carbocycles. The van der Waals surface area contributed by atoms with Crippen LogP contribution in [0.1, 0.15) is 5.56 Å². The summed E-state index contributed by atoms with van der Waals surface area (Å²) >= 11 is 0. The minimum atomic E-state index is -0.570. The van der Waals surface area contributed by atoms with Crippen molar-refractivity contribution in [2.75, 3.05) is 0 Å². The van der Waals surface area contributed by atoms with Crippen LogP contribution in [0.3, 0.4) is 0 Å². The molecule has 0 atom stereocenters. The smallest absolute Gasteiger partial charge is 0.219 e. The summed E-state index contributed by atoms with van der Waals surface area (Å²) in [5.41, 5.74) is 3.07. The topological polar surface area (TPSA) is 46.5 Å². The number of aryl methyl sites for hydroxylation is 2. The van der Waals surface area contributed by atoms with Gasteiger partial charge in [-0.05, 0) is 24.6 Å². The Bertz CT molecular complexity index is 1030. The Morgan fingerprint density at radius 1 is 1.09 bits per heavy atom. The normalized spacial score (nSPS) is 11.6. The number of rotatable bonds is 1. The van der Waals surface area contributed by atoms with E-state index in [0.717, 1.165) is 21.1 Å². The fourth-order valence-corrected chi connectivity index (χ4v) is 2.82. The fourth-order valence-electron chi connectivity index (χ4n) is 2.82. The van der Waals surface area contributed by atoms with Crippen LogP contribution in [0.4, 0.5) is 8.78 Å². The second-order valence-corrected chi connectivity index (χ2v) is 5.30. The Morgan fingerprint density at radius 2 is 1.91 bits per heavy atom. The summed E-state index contributed by atoms with van der Waals surface area (Å²) in [6, 6.07) is 8.63. The number of aromatic amines is 1. The van der Waals surface area contributed by atoms with Gasteiger partial charge >= 0.3 is 0 Å². The molecule has 0 aliphatic rings. The molecule has 1 N–H and O–H groups in total. The third-order valence-corrected chi connectivity index (χ3v) is 3.93. The van der Waals surface area contributed by atoms with Gasteiger partial charge in [-0.25, -0.2) is 9.07 Å². The Labute approximate surface area is 124 Å². The molecule has 4 nitrogen and oxygen atoms in total. The first-order chi connectivity index (χ1) is 10.6. The second kappa shape index (κ2) is 4.37. The molecule has 110 valence electrons. The lowest BCUT2D eigenvalue weighted by atomic mass is 10.0. The largest absolute Gasteiger partial charge is 0.277 e. The molecule has 0 fully saturated rings. The van der Waals surface area contributed by atoms with E-state index in [9.17, 15) is 8.78 Å². The van der Waals surface area contributed by atoms with Gasteiger partial charge in [-0.2, -0.15) is 14.6 Å². The van der Waals surface area contributed by atoms with E-state index in [2.05, 4.69) is 15.3 Å². The van der Waals surface area contributed by atoms with Gasteiger partial charge in [-0.15, -0.1) is 0 Å². The summed E-state index contributed by atoms with van der Waals surface area (Å²) in [6.45, 7) is 1.96. The van der Waals surface area contributed by atoms with Crippen LogP contribution in [0.5, 0.6) is 0 Å². The number of para-hydroxylation sites is 1.